The number of furan rings is 2. The van der Waals surface area contributed by atoms with Crippen LogP contribution in [0.2, 0.25) is 0 Å². The molecule has 0 bridgehead atoms. The van der Waals surface area contributed by atoms with Crippen molar-refractivity contribution in [1.29, 1.82) is 0 Å². The van der Waals surface area contributed by atoms with E-state index in [0.717, 1.165) is 39.2 Å². The number of quaternary nitrogens is 1. The highest BCUT2D eigenvalue weighted by molar-refractivity contribution is 6.03. The number of hydrogen-bond donors (Lipinski definition) is 1. The van der Waals surface area contributed by atoms with Gasteiger partial charge in [-0.2, -0.15) is 5.10 Å². The molecule has 30 heavy (non-hydrogen) atoms. The first-order valence-electron chi connectivity index (χ1n) is 9.97. The van der Waals surface area contributed by atoms with E-state index in [4.69, 9.17) is 13.6 Å². The van der Waals surface area contributed by atoms with Crippen LogP contribution < -0.4 is 9.64 Å². The Kier molecular flexibility index (Phi) is 5.72. The van der Waals surface area contributed by atoms with Crippen LogP contribution in [0.3, 0.4) is 0 Å². The van der Waals surface area contributed by atoms with Gasteiger partial charge in [0.1, 0.15) is 29.9 Å². The largest absolute Gasteiger partial charge is 0.497 e. The number of carbonyl (C=O) groups excluding carboxylic acids is 1. The highest BCUT2D eigenvalue weighted by Crippen LogP contribution is 2.33. The van der Waals surface area contributed by atoms with Crippen LogP contribution in [0.4, 0.5) is 0 Å². The first-order valence-corrected chi connectivity index (χ1v) is 9.97. The number of methoxy groups -OCH3 is 1. The van der Waals surface area contributed by atoms with Crippen LogP contribution in [0.1, 0.15) is 35.3 Å². The maximum Gasteiger partial charge on any atom is 0.298 e. The van der Waals surface area contributed by atoms with Gasteiger partial charge < -0.3 is 18.5 Å². The van der Waals surface area contributed by atoms with Crippen molar-refractivity contribution in [2.45, 2.75) is 25.9 Å². The first-order chi connectivity index (χ1) is 14.5. The highest BCUT2D eigenvalue weighted by atomic mass is 16.5. The van der Waals surface area contributed by atoms with Crippen LogP contribution in [0.15, 0.2) is 68.7 Å². The molecule has 1 amide bonds. The summed E-state index contributed by atoms with van der Waals surface area (Å²) in [6, 6.07) is 15.1. The molecular formula is C23H26N3O4+. The van der Waals surface area contributed by atoms with Crippen LogP contribution in [0, 0.1) is 6.92 Å². The van der Waals surface area contributed by atoms with Crippen molar-refractivity contribution in [1.82, 2.24) is 5.01 Å². The number of aryl methyl sites for hydroxylation is 1. The lowest BCUT2D eigenvalue weighted by Crippen LogP contribution is -3.08. The lowest BCUT2D eigenvalue weighted by atomic mass is 10.0. The van der Waals surface area contributed by atoms with Crippen LogP contribution in [-0.2, 0) is 11.3 Å². The molecule has 1 aliphatic heterocycles. The number of ether oxygens (including phenoxy) is 1. The summed E-state index contributed by atoms with van der Waals surface area (Å²) in [5, 5.41) is 6.24. The second kappa shape index (κ2) is 8.59. The molecule has 2 atom stereocenters. The van der Waals surface area contributed by atoms with Gasteiger partial charge in [0.25, 0.3) is 5.91 Å². The van der Waals surface area contributed by atoms with Crippen molar-refractivity contribution in [3.05, 3.63) is 77.6 Å². The predicted molar refractivity (Wildman–Crippen MR) is 111 cm³/mol. The molecule has 0 spiro atoms. The summed E-state index contributed by atoms with van der Waals surface area (Å²) >= 11 is 0. The third kappa shape index (κ3) is 4.31. The monoisotopic (exact) mass is 408 g/mol. The molecule has 2 aromatic heterocycles. The van der Waals surface area contributed by atoms with E-state index in [1.54, 1.807) is 18.4 Å². The summed E-state index contributed by atoms with van der Waals surface area (Å²) in [7, 11) is 3.61. The molecule has 1 unspecified atom stereocenters. The van der Waals surface area contributed by atoms with Gasteiger partial charge in [-0.05, 0) is 61.0 Å². The third-order valence-electron chi connectivity index (χ3n) is 5.19. The summed E-state index contributed by atoms with van der Waals surface area (Å²) in [5.41, 5.74) is 1.82. The maximum atomic E-state index is 13.1. The van der Waals surface area contributed by atoms with Crippen LogP contribution in [0.25, 0.3) is 0 Å². The number of likely N-dealkylation sites (N-methyl/N-ethyl adjacent to an activating group) is 1. The summed E-state index contributed by atoms with van der Waals surface area (Å²) in [4.78, 5) is 14.2. The minimum Gasteiger partial charge on any atom is -0.497 e. The molecule has 1 aliphatic rings. The van der Waals surface area contributed by atoms with E-state index in [9.17, 15) is 4.79 Å². The minimum absolute atomic E-state index is 0.0549. The third-order valence-corrected chi connectivity index (χ3v) is 5.19. The summed E-state index contributed by atoms with van der Waals surface area (Å²) in [5.74, 6) is 3.20. The van der Waals surface area contributed by atoms with E-state index in [1.807, 2.05) is 62.5 Å². The smallest absolute Gasteiger partial charge is 0.298 e. The Bertz CT molecular complexity index is 1020. The maximum absolute atomic E-state index is 13.1. The molecule has 156 valence electrons. The molecule has 3 heterocycles. The van der Waals surface area contributed by atoms with E-state index in [-0.39, 0.29) is 11.9 Å². The van der Waals surface area contributed by atoms with Crippen molar-refractivity contribution < 1.29 is 23.3 Å². The van der Waals surface area contributed by atoms with Crippen LogP contribution in [0.5, 0.6) is 5.75 Å². The van der Waals surface area contributed by atoms with Gasteiger partial charge >= 0.3 is 0 Å². The number of benzene rings is 1. The molecule has 0 saturated heterocycles. The van der Waals surface area contributed by atoms with E-state index < -0.39 is 0 Å². The molecule has 0 aliphatic carbocycles. The SMILES string of the molecule is COc1ccc(C2=NN(C(=O)C[NH+](C)Cc3ccc(C)o3)[C@H](c3ccco3)C2)cc1. The van der Waals surface area contributed by atoms with Gasteiger partial charge in [0.2, 0.25) is 0 Å². The van der Waals surface area contributed by atoms with Gasteiger partial charge in [0, 0.05) is 6.42 Å². The molecule has 0 saturated carbocycles. The molecule has 4 rings (SSSR count). The minimum atomic E-state index is -0.247. The van der Waals surface area contributed by atoms with Crippen LogP contribution >= 0.6 is 0 Å². The summed E-state index contributed by atoms with van der Waals surface area (Å²) < 4.78 is 16.5. The fourth-order valence-electron chi connectivity index (χ4n) is 3.68. The average molecular weight is 408 g/mol. The summed E-state index contributed by atoms with van der Waals surface area (Å²) in [6.45, 7) is 2.85. The number of nitrogens with zero attached hydrogens (tertiary/aromatic N) is 2. The Hall–Kier alpha value is -3.32. The second-order valence-electron chi connectivity index (χ2n) is 7.57. The molecule has 1 aromatic carbocycles. The second-order valence-corrected chi connectivity index (χ2v) is 7.57. The molecule has 7 nitrogen and oxygen atoms in total. The lowest BCUT2D eigenvalue weighted by Gasteiger charge is -2.21. The zero-order valence-electron chi connectivity index (χ0n) is 17.4. The molecule has 1 N–H and O–H groups in total. The van der Waals surface area contributed by atoms with Gasteiger partial charge in [-0.1, -0.05) is 0 Å². The van der Waals surface area contributed by atoms with Crippen molar-refractivity contribution in [2.24, 2.45) is 5.10 Å². The molecule has 3 aromatic rings. The van der Waals surface area contributed by atoms with E-state index >= 15 is 0 Å². The van der Waals surface area contributed by atoms with E-state index in [0.29, 0.717) is 19.5 Å². The van der Waals surface area contributed by atoms with Crippen molar-refractivity contribution >= 4 is 11.6 Å². The number of amides is 1. The zero-order chi connectivity index (χ0) is 21.1. The number of nitrogens with one attached hydrogen (secondary N) is 1. The molecular weight excluding hydrogens is 382 g/mol. The lowest BCUT2D eigenvalue weighted by molar-refractivity contribution is -0.886. The van der Waals surface area contributed by atoms with Gasteiger partial charge in [-0.3, -0.25) is 4.79 Å². The molecule has 0 radical (unpaired) electrons. The number of hydrogen-bond acceptors (Lipinski definition) is 5. The number of rotatable bonds is 7. The van der Waals surface area contributed by atoms with Crippen molar-refractivity contribution in [2.75, 3.05) is 20.7 Å². The van der Waals surface area contributed by atoms with Crippen LogP contribution in [-0.4, -0.2) is 37.3 Å². The highest BCUT2D eigenvalue weighted by Gasteiger charge is 2.36. The van der Waals surface area contributed by atoms with Crippen molar-refractivity contribution in [3.63, 3.8) is 0 Å². The fourth-order valence-corrected chi connectivity index (χ4v) is 3.68. The normalized spacial score (nSPS) is 17.1. The summed E-state index contributed by atoms with van der Waals surface area (Å²) in [6.07, 6.45) is 2.22. The Morgan fingerprint density at radius 3 is 2.67 bits per heavy atom. The van der Waals surface area contributed by atoms with Gasteiger partial charge in [-0.25, -0.2) is 5.01 Å². The van der Waals surface area contributed by atoms with E-state index in [2.05, 4.69) is 5.10 Å². The average Bonchev–Trinajstić information content (AvgIpc) is 3.48. The van der Waals surface area contributed by atoms with Gasteiger partial charge in [0.15, 0.2) is 12.3 Å². The Labute approximate surface area is 175 Å². The quantitative estimate of drug-likeness (QED) is 0.652. The topological polar surface area (TPSA) is 72.6 Å². The number of carbonyl (C=O) groups is 1. The molecule has 0 fully saturated rings. The predicted octanol–water partition coefficient (Wildman–Crippen LogP) is 2.58. The Morgan fingerprint density at radius 2 is 2.03 bits per heavy atom. The first kappa shape index (κ1) is 20.0. The Morgan fingerprint density at radius 1 is 1.23 bits per heavy atom. The fraction of sp³-hybridized carbons (Fsp3) is 0.304. The zero-order valence-corrected chi connectivity index (χ0v) is 17.4. The Balaban J connectivity index is 1.52. The van der Waals surface area contributed by atoms with Gasteiger partial charge in [0.05, 0.1) is 26.1 Å². The number of hydrazone groups is 1. The van der Waals surface area contributed by atoms with Gasteiger partial charge in [-0.15, -0.1) is 0 Å². The van der Waals surface area contributed by atoms with E-state index in [1.165, 1.54) is 0 Å². The standard InChI is InChI=1S/C23H25N3O4/c1-16-6-9-19(30-16)14-25(2)15-23(27)26-21(22-5-4-12-29-22)13-20(24-26)17-7-10-18(28-3)11-8-17/h4-12,21H,13-15H2,1-3H3/p+1/t21-/m0/s1. The molecule has 7 heteroatoms. The van der Waals surface area contributed by atoms with Crippen molar-refractivity contribution in [3.8, 4) is 5.75 Å².